The van der Waals surface area contributed by atoms with Gasteiger partial charge in [0.15, 0.2) is 10.8 Å². The summed E-state index contributed by atoms with van der Waals surface area (Å²) in [6, 6.07) is 7.20. The van der Waals surface area contributed by atoms with E-state index in [9.17, 15) is 4.79 Å². The third-order valence-corrected chi connectivity index (χ3v) is 4.10. The second-order valence-corrected chi connectivity index (χ2v) is 5.71. The number of hydrogen-bond acceptors (Lipinski definition) is 4. The summed E-state index contributed by atoms with van der Waals surface area (Å²) in [5.41, 5.74) is 0.987. The highest BCUT2D eigenvalue weighted by molar-refractivity contribution is 7.98. The Hall–Kier alpha value is -2.05. The molecule has 0 saturated carbocycles. The minimum atomic E-state index is -0.197. The Morgan fingerprint density at radius 3 is 2.86 bits per heavy atom. The Bertz CT molecular complexity index is 916. The highest BCUT2D eigenvalue weighted by Crippen LogP contribution is 2.21. The van der Waals surface area contributed by atoms with E-state index < -0.39 is 0 Å². The molecule has 7 heteroatoms. The molecule has 112 valence electrons. The predicted octanol–water partition coefficient (Wildman–Crippen LogP) is 3.14. The summed E-state index contributed by atoms with van der Waals surface area (Å²) < 4.78 is 3.28. The zero-order valence-electron chi connectivity index (χ0n) is 11.9. The van der Waals surface area contributed by atoms with Gasteiger partial charge in [0, 0.05) is 6.20 Å². The molecule has 3 rings (SSSR count). The molecule has 0 radical (unpaired) electrons. The van der Waals surface area contributed by atoms with Crippen LogP contribution in [0.2, 0.25) is 5.02 Å². The molecular formula is C15H13ClN4OS. The highest BCUT2D eigenvalue weighted by Gasteiger charge is 2.17. The summed E-state index contributed by atoms with van der Waals surface area (Å²) >= 11 is 7.68. The fraction of sp³-hybridized carbons (Fsp3) is 0.133. The summed E-state index contributed by atoms with van der Waals surface area (Å²) in [6.45, 7) is 4.19. The van der Waals surface area contributed by atoms with Crippen molar-refractivity contribution in [1.29, 1.82) is 0 Å². The first-order valence-electron chi connectivity index (χ1n) is 6.55. The van der Waals surface area contributed by atoms with E-state index in [-0.39, 0.29) is 5.56 Å². The molecule has 2 heterocycles. The lowest BCUT2D eigenvalue weighted by Crippen LogP contribution is -2.21. The van der Waals surface area contributed by atoms with Gasteiger partial charge in [-0.05, 0) is 18.4 Å². The van der Waals surface area contributed by atoms with Gasteiger partial charge in [-0.25, -0.2) is 14.6 Å². The van der Waals surface area contributed by atoms with Gasteiger partial charge in [0.2, 0.25) is 0 Å². The number of thioether (sulfide) groups is 1. The number of halogens is 1. The van der Waals surface area contributed by atoms with Gasteiger partial charge in [-0.2, -0.15) is 0 Å². The lowest BCUT2D eigenvalue weighted by Gasteiger charge is -2.11. The van der Waals surface area contributed by atoms with Gasteiger partial charge in [-0.3, -0.25) is 9.48 Å². The largest absolute Gasteiger partial charge is 0.282 e. The van der Waals surface area contributed by atoms with Crippen LogP contribution in [-0.2, 0) is 6.54 Å². The van der Waals surface area contributed by atoms with Crippen molar-refractivity contribution in [2.75, 3.05) is 6.26 Å². The van der Waals surface area contributed by atoms with Crippen LogP contribution in [0.5, 0.6) is 0 Å². The molecule has 0 aliphatic rings. The maximum Gasteiger partial charge on any atom is 0.282 e. The molecule has 0 aliphatic heterocycles. The fourth-order valence-corrected chi connectivity index (χ4v) is 2.83. The average molecular weight is 333 g/mol. The molecule has 22 heavy (non-hydrogen) atoms. The number of benzene rings is 1. The molecule has 2 aromatic heterocycles. The van der Waals surface area contributed by atoms with Crippen LogP contribution in [0.25, 0.3) is 16.7 Å². The molecule has 0 aliphatic carbocycles. The quantitative estimate of drug-likeness (QED) is 0.418. The number of para-hydroxylation sites is 1. The molecule has 5 nitrogen and oxygen atoms in total. The van der Waals surface area contributed by atoms with E-state index in [0.29, 0.717) is 33.4 Å². The van der Waals surface area contributed by atoms with E-state index in [1.807, 2.05) is 18.4 Å². The zero-order valence-corrected chi connectivity index (χ0v) is 13.4. The maximum absolute atomic E-state index is 12.7. The van der Waals surface area contributed by atoms with Crippen molar-refractivity contribution < 1.29 is 0 Å². The predicted molar refractivity (Wildman–Crippen MR) is 90.1 cm³/mol. The number of fused-ring (bicyclic) bond motifs is 1. The third-order valence-electron chi connectivity index (χ3n) is 3.22. The molecule has 0 amide bonds. The van der Waals surface area contributed by atoms with Gasteiger partial charge in [0.25, 0.3) is 5.56 Å². The topological polar surface area (TPSA) is 52.7 Å². The van der Waals surface area contributed by atoms with Crippen LogP contribution in [0.1, 0.15) is 0 Å². The van der Waals surface area contributed by atoms with Crippen molar-refractivity contribution in [2.24, 2.45) is 0 Å². The first-order chi connectivity index (χ1) is 10.7. The smallest absolute Gasteiger partial charge is 0.267 e. The van der Waals surface area contributed by atoms with Crippen LogP contribution in [0, 0.1) is 0 Å². The second-order valence-electron chi connectivity index (χ2n) is 4.53. The van der Waals surface area contributed by atoms with E-state index in [1.54, 1.807) is 29.1 Å². The Balaban J connectivity index is 2.41. The van der Waals surface area contributed by atoms with Crippen LogP contribution in [0.3, 0.4) is 0 Å². The Kier molecular flexibility index (Phi) is 4.04. The van der Waals surface area contributed by atoms with Gasteiger partial charge < -0.3 is 0 Å². The monoisotopic (exact) mass is 332 g/mol. The summed E-state index contributed by atoms with van der Waals surface area (Å²) in [5.74, 6) is 0. The van der Waals surface area contributed by atoms with Crippen molar-refractivity contribution in [3.8, 4) is 5.69 Å². The van der Waals surface area contributed by atoms with Gasteiger partial charge >= 0.3 is 0 Å². The third kappa shape index (κ3) is 2.34. The van der Waals surface area contributed by atoms with E-state index in [4.69, 9.17) is 11.6 Å². The average Bonchev–Trinajstić information content (AvgIpc) is 2.80. The van der Waals surface area contributed by atoms with Crippen molar-refractivity contribution in [1.82, 2.24) is 19.3 Å². The number of hydrogen-bond donors (Lipinski definition) is 0. The van der Waals surface area contributed by atoms with Gasteiger partial charge in [-0.15, -0.1) is 6.58 Å². The standard InChI is InChI=1S/C15H13ClN4OS/c1-3-8-19-13-10(9-17-15(18-13)22-2)14(21)20(19)12-7-5-4-6-11(12)16/h3-7,9H,1,8H2,2H3. The number of nitrogens with zero attached hydrogens (tertiary/aromatic N) is 4. The maximum atomic E-state index is 12.7. The molecule has 0 N–H and O–H groups in total. The first kappa shape index (κ1) is 14.9. The van der Waals surface area contributed by atoms with E-state index in [0.717, 1.165) is 0 Å². The molecule has 0 fully saturated rings. The second kappa shape index (κ2) is 5.98. The molecule has 0 saturated heterocycles. The number of allylic oxidation sites excluding steroid dienone is 1. The Morgan fingerprint density at radius 2 is 2.18 bits per heavy atom. The van der Waals surface area contributed by atoms with Crippen molar-refractivity contribution in [2.45, 2.75) is 11.7 Å². The molecule has 0 unspecified atom stereocenters. The molecule has 0 atom stereocenters. The van der Waals surface area contributed by atoms with Crippen LogP contribution in [0.15, 0.2) is 53.1 Å². The summed E-state index contributed by atoms with van der Waals surface area (Å²) in [4.78, 5) is 21.4. The lowest BCUT2D eigenvalue weighted by molar-refractivity contribution is 0.615. The molecule has 0 bridgehead atoms. The molecule has 0 spiro atoms. The number of aromatic nitrogens is 4. The fourth-order valence-electron chi connectivity index (χ4n) is 2.27. The summed E-state index contributed by atoms with van der Waals surface area (Å²) in [6.07, 6.45) is 5.17. The first-order valence-corrected chi connectivity index (χ1v) is 8.16. The Morgan fingerprint density at radius 1 is 1.41 bits per heavy atom. The minimum absolute atomic E-state index is 0.197. The summed E-state index contributed by atoms with van der Waals surface area (Å²) in [7, 11) is 0. The lowest BCUT2D eigenvalue weighted by atomic mass is 10.3. The van der Waals surface area contributed by atoms with Crippen molar-refractivity contribution >= 4 is 34.4 Å². The SMILES string of the molecule is C=CCn1c2nc(SC)ncc2c(=O)n1-c1ccccc1Cl. The van der Waals surface area contributed by atoms with Crippen LogP contribution >= 0.6 is 23.4 Å². The van der Waals surface area contributed by atoms with Crippen molar-refractivity contribution in [3.05, 3.63) is 58.5 Å². The normalized spacial score (nSPS) is 11.0. The molecular weight excluding hydrogens is 320 g/mol. The van der Waals surface area contributed by atoms with E-state index >= 15 is 0 Å². The number of rotatable bonds is 4. The van der Waals surface area contributed by atoms with Gasteiger partial charge in [-0.1, -0.05) is 41.6 Å². The van der Waals surface area contributed by atoms with Crippen LogP contribution in [-0.4, -0.2) is 25.6 Å². The highest BCUT2D eigenvalue weighted by atomic mass is 35.5. The van der Waals surface area contributed by atoms with Crippen LogP contribution in [0.4, 0.5) is 0 Å². The molecule has 3 aromatic rings. The summed E-state index contributed by atoms with van der Waals surface area (Å²) in [5, 5.41) is 1.57. The van der Waals surface area contributed by atoms with Gasteiger partial charge in [0.05, 0.1) is 17.3 Å². The van der Waals surface area contributed by atoms with E-state index in [1.165, 1.54) is 16.4 Å². The van der Waals surface area contributed by atoms with E-state index in [2.05, 4.69) is 16.5 Å². The van der Waals surface area contributed by atoms with Crippen LogP contribution < -0.4 is 5.56 Å². The minimum Gasteiger partial charge on any atom is -0.267 e. The van der Waals surface area contributed by atoms with Gasteiger partial charge in [0.1, 0.15) is 5.39 Å². The van der Waals surface area contributed by atoms with Crippen molar-refractivity contribution in [3.63, 3.8) is 0 Å². The zero-order chi connectivity index (χ0) is 15.7. The Labute approximate surface area is 136 Å². The molecule has 1 aromatic carbocycles.